The van der Waals surface area contributed by atoms with E-state index in [0.717, 1.165) is 6.08 Å². The van der Waals surface area contributed by atoms with E-state index in [-0.39, 0.29) is 5.56 Å². The molecule has 16 heavy (non-hydrogen) atoms. The lowest BCUT2D eigenvalue weighted by molar-refractivity contribution is 0.324. The van der Waals surface area contributed by atoms with Crippen molar-refractivity contribution in [2.45, 2.75) is 0 Å². The van der Waals surface area contributed by atoms with Gasteiger partial charge in [0.2, 0.25) is 5.75 Å². The van der Waals surface area contributed by atoms with Gasteiger partial charge in [-0.25, -0.2) is 0 Å². The molecule has 88 valence electrons. The summed E-state index contributed by atoms with van der Waals surface area (Å²) < 4.78 is 39.3. The predicted octanol–water partition coefficient (Wildman–Crippen LogP) is 2.95. The Morgan fingerprint density at radius 2 is 1.50 bits per heavy atom. The summed E-state index contributed by atoms with van der Waals surface area (Å²) in [6.45, 7) is 0. The second-order valence-electron chi connectivity index (χ2n) is 2.89. The van der Waals surface area contributed by atoms with Crippen molar-refractivity contribution in [2.24, 2.45) is 0 Å². The summed E-state index contributed by atoms with van der Waals surface area (Å²) in [6.07, 6.45) is -1.06. The first-order valence-electron chi connectivity index (χ1n) is 4.45. The number of benzene rings is 1. The molecular formula is C11H12F2O3. The van der Waals surface area contributed by atoms with Crippen LogP contribution in [0.4, 0.5) is 8.78 Å². The number of rotatable bonds is 4. The summed E-state index contributed by atoms with van der Waals surface area (Å²) in [5.74, 6) is 1.06. The Labute approximate surface area is 92.2 Å². The van der Waals surface area contributed by atoms with Crippen LogP contribution in [-0.4, -0.2) is 21.3 Å². The average molecular weight is 230 g/mol. The van der Waals surface area contributed by atoms with Crippen LogP contribution in [0.2, 0.25) is 0 Å². The maximum Gasteiger partial charge on any atom is 0.270 e. The van der Waals surface area contributed by atoms with Gasteiger partial charge in [-0.05, 0) is 17.7 Å². The Hall–Kier alpha value is -1.78. The number of hydrogen-bond acceptors (Lipinski definition) is 3. The molecule has 0 heterocycles. The smallest absolute Gasteiger partial charge is 0.270 e. The fourth-order valence-corrected chi connectivity index (χ4v) is 1.31. The lowest BCUT2D eigenvalue weighted by atomic mass is 10.2. The van der Waals surface area contributed by atoms with Crippen molar-refractivity contribution in [3.63, 3.8) is 0 Å². The molecule has 0 spiro atoms. The second kappa shape index (κ2) is 5.34. The fraction of sp³-hybridized carbons (Fsp3) is 0.273. The van der Waals surface area contributed by atoms with E-state index >= 15 is 0 Å². The third kappa shape index (κ3) is 2.62. The Morgan fingerprint density at radius 1 is 1.00 bits per heavy atom. The largest absolute Gasteiger partial charge is 0.493 e. The molecule has 1 aromatic carbocycles. The van der Waals surface area contributed by atoms with Crippen molar-refractivity contribution in [1.29, 1.82) is 0 Å². The minimum atomic E-state index is -1.78. The lowest BCUT2D eigenvalue weighted by Gasteiger charge is -2.12. The van der Waals surface area contributed by atoms with Crippen LogP contribution in [0.5, 0.6) is 17.2 Å². The van der Waals surface area contributed by atoms with Crippen molar-refractivity contribution in [1.82, 2.24) is 0 Å². The number of halogens is 2. The third-order valence-electron chi connectivity index (χ3n) is 1.96. The first kappa shape index (κ1) is 12.3. The van der Waals surface area contributed by atoms with Gasteiger partial charge >= 0.3 is 0 Å². The van der Waals surface area contributed by atoms with Gasteiger partial charge in [-0.3, -0.25) is 0 Å². The minimum Gasteiger partial charge on any atom is -0.493 e. The highest BCUT2D eigenvalue weighted by Gasteiger charge is 2.12. The average Bonchev–Trinajstić information content (AvgIpc) is 2.26. The summed E-state index contributed by atoms with van der Waals surface area (Å²) >= 11 is 0. The summed E-state index contributed by atoms with van der Waals surface area (Å²) in [5, 5.41) is 0. The molecular weight excluding hydrogens is 218 g/mol. The van der Waals surface area contributed by atoms with Gasteiger partial charge < -0.3 is 14.2 Å². The van der Waals surface area contributed by atoms with Gasteiger partial charge in [-0.1, -0.05) is 0 Å². The number of ether oxygens (including phenoxy) is 3. The molecule has 0 radical (unpaired) electrons. The molecule has 3 nitrogen and oxygen atoms in total. The van der Waals surface area contributed by atoms with E-state index < -0.39 is 6.08 Å². The maximum atomic E-state index is 12.1. The van der Waals surface area contributed by atoms with Crippen molar-refractivity contribution < 1.29 is 23.0 Å². The Kier molecular flexibility index (Phi) is 4.10. The second-order valence-corrected chi connectivity index (χ2v) is 2.89. The summed E-state index contributed by atoms with van der Waals surface area (Å²) in [4.78, 5) is 0. The molecule has 1 rings (SSSR count). The van der Waals surface area contributed by atoms with Crippen molar-refractivity contribution in [2.75, 3.05) is 21.3 Å². The standard InChI is InChI=1S/C11H12F2O3/c1-14-8-4-7(6-10(12)13)5-9(15-2)11(8)16-3/h4-6H,1-3H3. The summed E-state index contributed by atoms with van der Waals surface area (Å²) in [7, 11) is 4.30. The molecule has 0 saturated carbocycles. The molecule has 0 aliphatic carbocycles. The highest BCUT2D eigenvalue weighted by Crippen LogP contribution is 2.38. The van der Waals surface area contributed by atoms with E-state index in [1.165, 1.54) is 33.5 Å². The van der Waals surface area contributed by atoms with Crippen LogP contribution in [0, 0.1) is 0 Å². The number of hydrogen-bond donors (Lipinski definition) is 0. The zero-order valence-electron chi connectivity index (χ0n) is 9.21. The monoisotopic (exact) mass is 230 g/mol. The van der Waals surface area contributed by atoms with Gasteiger partial charge in [0.25, 0.3) is 6.08 Å². The lowest BCUT2D eigenvalue weighted by Crippen LogP contribution is -1.95. The van der Waals surface area contributed by atoms with E-state index in [0.29, 0.717) is 17.2 Å². The van der Waals surface area contributed by atoms with Crippen LogP contribution in [0.3, 0.4) is 0 Å². The van der Waals surface area contributed by atoms with Gasteiger partial charge in [0.05, 0.1) is 21.3 Å². The normalized spacial score (nSPS) is 9.56. The molecule has 0 aliphatic heterocycles. The fourth-order valence-electron chi connectivity index (χ4n) is 1.31. The molecule has 0 fully saturated rings. The van der Waals surface area contributed by atoms with Crippen LogP contribution >= 0.6 is 0 Å². The van der Waals surface area contributed by atoms with Crippen LogP contribution < -0.4 is 14.2 Å². The van der Waals surface area contributed by atoms with Gasteiger partial charge in [0.15, 0.2) is 11.5 Å². The summed E-state index contributed by atoms with van der Waals surface area (Å²) in [6, 6.07) is 2.89. The molecule has 0 N–H and O–H groups in total. The van der Waals surface area contributed by atoms with E-state index in [9.17, 15) is 8.78 Å². The quantitative estimate of drug-likeness (QED) is 0.795. The molecule has 0 amide bonds. The molecule has 0 aromatic heterocycles. The maximum absolute atomic E-state index is 12.1. The molecule has 1 aromatic rings. The third-order valence-corrected chi connectivity index (χ3v) is 1.96. The van der Waals surface area contributed by atoms with Gasteiger partial charge in [-0.15, -0.1) is 0 Å². The Morgan fingerprint density at radius 3 is 1.81 bits per heavy atom. The van der Waals surface area contributed by atoms with Crippen LogP contribution in [0.25, 0.3) is 6.08 Å². The van der Waals surface area contributed by atoms with Crippen molar-refractivity contribution in [3.05, 3.63) is 23.8 Å². The van der Waals surface area contributed by atoms with Crippen LogP contribution in [-0.2, 0) is 0 Å². The Bertz CT molecular complexity index is 373. The predicted molar refractivity (Wildman–Crippen MR) is 56.3 cm³/mol. The van der Waals surface area contributed by atoms with E-state index in [1.807, 2.05) is 0 Å². The van der Waals surface area contributed by atoms with Crippen molar-refractivity contribution in [3.8, 4) is 17.2 Å². The zero-order chi connectivity index (χ0) is 12.1. The van der Waals surface area contributed by atoms with Crippen LogP contribution in [0.1, 0.15) is 5.56 Å². The molecule has 0 aliphatic rings. The highest BCUT2D eigenvalue weighted by atomic mass is 19.3. The van der Waals surface area contributed by atoms with E-state index in [4.69, 9.17) is 14.2 Å². The van der Waals surface area contributed by atoms with Gasteiger partial charge in [-0.2, -0.15) is 8.78 Å². The molecule has 0 saturated heterocycles. The molecule has 5 heteroatoms. The van der Waals surface area contributed by atoms with Gasteiger partial charge in [0.1, 0.15) is 0 Å². The van der Waals surface area contributed by atoms with Crippen molar-refractivity contribution >= 4 is 6.08 Å². The SMILES string of the molecule is COc1cc(C=C(F)F)cc(OC)c1OC. The minimum absolute atomic E-state index is 0.287. The molecule has 0 unspecified atom stereocenters. The van der Waals surface area contributed by atoms with Crippen LogP contribution in [0.15, 0.2) is 18.2 Å². The van der Waals surface area contributed by atoms with E-state index in [1.54, 1.807) is 0 Å². The molecule has 0 bridgehead atoms. The first-order valence-corrected chi connectivity index (χ1v) is 4.45. The first-order chi connectivity index (χ1) is 7.62. The Balaban J connectivity index is 3.31. The summed E-state index contributed by atoms with van der Waals surface area (Å²) in [5.41, 5.74) is 0.287. The van der Waals surface area contributed by atoms with Gasteiger partial charge in [0, 0.05) is 6.08 Å². The number of methoxy groups -OCH3 is 3. The topological polar surface area (TPSA) is 27.7 Å². The van der Waals surface area contributed by atoms with E-state index in [2.05, 4.69) is 0 Å². The molecule has 0 atom stereocenters. The zero-order valence-corrected chi connectivity index (χ0v) is 9.21. The highest BCUT2D eigenvalue weighted by molar-refractivity contribution is 5.62.